The molecule has 7 heteroatoms. The van der Waals surface area contributed by atoms with E-state index in [9.17, 15) is 4.79 Å². The minimum absolute atomic E-state index is 0.179. The summed E-state index contributed by atoms with van der Waals surface area (Å²) in [5, 5.41) is 4.99. The number of aromatic nitrogens is 4. The van der Waals surface area contributed by atoms with Gasteiger partial charge in [-0.05, 0) is 37.1 Å². The lowest BCUT2D eigenvalue weighted by Gasteiger charge is -2.17. The lowest BCUT2D eigenvalue weighted by molar-refractivity contribution is 0.836. The van der Waals surface area contributed by atoms with Gasteiger partial charge in [-0.3, -0.25) is 4.79 Å². The number of H-pyrrole nitrogens is 1. The molecule has 0 atom stereocenters. The summed E-state index contributed by atoms with van der Waals surface area (Å²) in [5.74, 6) is 0.909. The van der Waals surface area contributed by atoms with Crippen LogP contribution in [0, 0.1) is 6.92 Å². The largest absolute Gasteiger partial charge is 0.327 e. The number of benzene rings is 1. The Morgan fingerprint density at radius 3 is 2.83 bits per heavy atom. The highest BCUT2D eigenvalue weighted by atomic mass is 35.5. The third-order valence-electron chi connectivity index (χ3n) is 3.71. The number of aryl methyl sites for hydroxylation is 2. The number of nitrogens with one attached hydrogen (secondary N) is 1. The molecule has 6 nitrogen and oxygen atoms in total. The van der Waals surface area contributed by atoms with Crippen molar-refractivity contribution in [2.75, 3.05) is 11.9 Å². The Kier molecular flexibility index (Phi) is 4.09. The lowest BCUT2D eigenvalue weighted by atomic mass is 10.2. The SMILES string of the molecule is CCCc1cc(=O)n2nc(N(C)c3ccc(Cl)cc3C)nc2[nH]1. The quantitative estimate of drug-likeness (QED) is 0.797. The van der Waals surface area contributed by atoms with Crippen LogP contribution in [0.15, 0.2) is 29.1 Å². The Hall–Kier alpha value is -2.34. The fraction of sp³-hybridized carbons (Fsp3) is 0.312. The van der Waals surface area contributed by atoms with Gasteiger partial charge in [0.25, 0.3) is 11.5 Å². The average Bonchev–Trinajstić information content (AvgIpc) is 2.91. The number of nitrogens with zero attached hydrogens (tertiary/aromatic N) is 4. The van der Waals surface area contributed by atoms with Crippen LogP contribution in [0.4, 0.5) is 11.6 Å². The molecule has 0 aliphatic heterocycles. The van der Waals surface area contributed by atoms with E-state index in [1.165, 1.54) is 4.52 Å². The van der Waals surface area contributed by atoms with E-state index >= 15 is 0 Å². The highest BCUT2D eigenvalue weighted by molar-refractivity contribution is 6.30. The molecule has 0 unspecified atom stereocenters. The van der Waals surface area contributed by atoms with Crippen molar-refractivity contribution in [3.8, 4) is 0 Å². The van der Waals surface area contributed by atoms with Gasteiger partial charge in [0.05, 0.1) is 0 Å². The van der Waals surface area contributed by atoms with Crippen molar-refractivity contribution in [2.24, 2.45) is 0 Å². The van der Waals surface area contributed by atoms with Crippen LogP contribution in [-0.4, -0.2) is 26.6 Å². The van der Waals surface area contributed by atoms with Crippen LogP contribution in [0.25, 0.3) is 5.78 Å². The zero-order chi connectivity index (χ0) is 16.6. The minimum Gasteiger partial charge on any atom is -0.327 e. The fourth-order valence-electron chi connectivity index (χ4n) is 2.57. The average molecular weight is 332 g/mol. The van der Waals surface area contributed by atoms with Gasteiger partial charge in [0.2, 0.25) is 5.78 Å². The zero-order valence-electron chi connectivity index (χ0n) is 13.3. The molecular weight excluding hydrogens is 314 g/mol. The molecule has 3 rings (SSSR count). The van der Waals surface area contributed by atoms with E-state index in [1.807, 2.05) is 37.1 Å². The first-order chi connectivity index (χ1) is 11.0. The second-order valence-electron chi connectivity index (χ2n) is 5.52. The van der Waals surface area contributed by atoms with Gasteiger partial charge in [-0.1, -0.05) is 24.9 Å². The van der Waals surface area contributed by atoms with Crippen LogP contribution in [0.1, 0.15) is 24.6 Å². The second kappa shape index (κ2) is 6.04. The van der Waals surface area contributed by atoms with E-state index in [2.05, 4.69) is 22.0 Å². The smallest absolute Gasteiger partial charge is 0.275 e. The Bertz CT molecular complexity index is 914. The summed E-state index contributed by atoms with van der Waals surface area (Å²) in [6.07, 6.45) is 1.76. The number of anilines is 2. The number of halogens is 1. The second-order valence-corrected chi connectivity index (χ2v) is 5.96. The summed E-state index contributed by atoms with van der Waals surface area (Å²) in [5.41, 5.74) is 2.64. The number of hydrogen-bond donors (Lipinski definition) is 1. The number of rotatable bonds is 4. The predicted octanol–water partition coefficient (Wildman–Crippen LogP) is 3.10. The standard InChI is InChI=1S/C16H18ClN5O/c1-4-5-12-9-14(23)22-15(18-12)19-16(20-22)21(3)13-7-6-11(17)8-10(13)2/h6-9H,4-5H2,1-3H3,(H,18,19,20). The van der Waals surface area contributed by atoms with Gasteiger partial charge >= 0.3 is 0 Å². The predicted molar refractivity (Wildman–Crippen MR) is 91.9 cm³/mol. The summed E-state index contributed by atoms with van der Waals surface area (Å²) in [6.45, 7) is 4.03. The Morgan fingerprint density at radius 1 is 1.35 bits per heavy atom. The zero-order valence-corrected chi connectivity index (χ0v) is 14.1. The number of aromatic amines is 1. The molecule has 1 aromatic carbocycles. The van der Waals surface area contributed by atoms with Gasteiger partial charge in [-0.2, -0.15) is 9.50 Å². The molecule has 0 amide bonds. The summed E-state index contributed by atoms with van der Waals surface area (Å²) in [4.78, 5) is 21.6. The molecule has 0 bridgehead atoms. The fourth-order valence-corrected chi connectivity index (χ4v) is 2.80. The Morgan fingerprint density at radius 2 is 2.13 bits per heavy atom. The molecule has 2 heterocycles. The molecule has 0 aliphatic carbocycles. The number of hydrogen-bond acceptors (Lipinski definition) is 4. The normalized spacial score (nSPS) is 11.1. The van der Waals surface area contributed by atoms with E-state index in [0.717, 1.165) is 29.8 Å². The molecule has 0 fully saturated rings. The molecule has 0 aliphatic rings. The first-order valence-corrected chi connectivity index (χ1v) is 7.86. The summed E-state index contributed by atoms with van der Waals surface area (Å²) in [6, 6.07) is 7.19. The van der Waals surface area contributed by atoms with Crippen molar-refractivity contribution < 1.29 is 0 Å². The van der Waals surface area contributed by atoms with Crippen LogP contribution >= 0.6 is 11.6 Å². The maximum absolute atomic E-state index is 12.2. The van der Waals surface area contributed by atoms with Crippen molar-refractivity contribution in [1.29, 1.82) is 0 Å². The highest BCUT2D eigenvalue weighted by Crippen LogP contribution is 2.26. The molecule has 0 saturated carbocycles. The van der Waals surface area contributed by atoms with Crippen molar-refractivity contribution in [2.45, 2.75) is 26.7 Å². The van der Waals surface area contributed by atoms with Crippen molar-refractivity contribution >= 4 is 29.0 Å². The van der Waals surface area contributed by atoms with E-state index in [0.29, 0.717) is 16.7 Å². The van der Waals surface area contributed by atoms with E-state index in [-0.39, 0.29) is 5.56 Å². The van der Waals surface area contributed by atoms with Gasteiger partial charge in [-0.25, -0.2) is 0 Å². The third kappa shape index (κ3) is 2.94. The van der Waals surface area contributed by atoms with Gasteiger partial charge in [-0.15, -0.1) is 5.10 Å². The van der Waals surface area contributed by atoms with Gasteiger partial charge in [0.15, 0.2) is 0 Å². The minimum atomic E-state index is -0.179. The Balaban J connectivity index is 2.06. The monoisotopic (exact) mass is 331 g/mol. The van der Waals surface area contributed by atoms with Crippen LogP contribution in [0.5, 0.6) is 0 Å². The first-order valence-electron chi connectivity index (χ1n) is 7.48. The molecule has 23 heavy (non-hydrogen) atoms. The summed E-state index contributed by atoms with van der Waals surface area (Å²) >= 11 is 6.00. The molecule has 1 N–H and O–H groups in total. The van der Waals surface area contributed by atoms with Gasteiger partial charge in [0, 0.05) is 29.5 Å². The molecule has 0 radical (unpaired) electrons. The van der Waals surface area contributed by atoms with Crippen molar-refractivity contribution in [3.05, 3.63) is 50.9 Å². The Labute approximate surface area is 138 Å². The van der Waals surface area contributed by atoms with E-state index < -0.39 is 0 Å². The topological polar surface area (TPSA) is 66.3 Å². The van der Waals surface area contributed by atoms with Crippen LogP contribution in [0.3, 0.4) is 0 Å². The molecule has 3 aromatic rings. The van der Waals surface area contributed by atoms with Crippen molar-refractivity contribution in [3.63, 3.8) is 0 Å². The van der Waals surface area contributed by atoms with Crippen LogP contribution < -0.4 is 10.5 Å². The molecular formula is C16H18ClN5O. The maximum atomic E-state index is 12.2. The molecule has 120 valence electrons. The van der Waals surface area contributed by atoms with Crippen molar-refractivity contribution in [1.82, 2.24) is 19.6 Å². The van der Waals surface area contributed by atoms with E-state index in [1.54, 1.807) is 6.07 Å². The van der Waals surface area contributed by atoms with Gasteiger partial charge in [0.1, 0.15) is 0 Å². The molecule has 0 saturated heterocycles. The molecule has 0 spiro atoms. The maximum Gasteiger partial charge on any atom is 0.275 e. The summed E-state index contributed by atoms with van der Waals surface area (Å²) < 4.78 is 1.29. The highest BCUT2D eigenvalue weighted by Gasteiger charge is 2.14. The van der Waals surface area contributed by atoms with E-state index in [4.69, 9.17) is 11.6 Å². The first kappa shape index (κ1) is 15.6. The third-order valence-corrected chi connectivity index (χ3v) is 3.95. The van der Waals surface area contributed by atoms with Crippen LogP contribution in [0.2, 0.25) is 5.02 Å². The molecule has 2 aromatic heterocycles. The number of fused-ring (bicyclic) bond motifs is 1. The lowest BCUT2D eigenvalue weighted by Crippen LogP contribution is -2.16. The van der Waals surface area contributed by atoms with Gasteiger partial charge < -0.3 is 9.88 Å². The van der Waals surface area contributed by atoms with Crippen LogP contribution in [-0.2, 0) is 6.42 Å². The summed E-state index contributed by atoms with van der Waals surface area (Å²) in [7, 11) is 1.86.